The van der Waals surface area contributed by atoms with Crippen molar-refractivity contribution in [1.29, 1.82) is 0 Å². The van der Waals surface area contributed by atoms with Gasteiger partial charge in [-0.15, -0.1) is 0 Å². The molecule has 24 heavy (non-hydrogen) atoms. The number of rotatable bonds is 7. The van der Waals surface area contributed by atoms with Gasteiger partial charge in [-0.05, 0) is 18.2 Å². The van der Waals surface area contributed by atoms with E-state index < -0.39 is 0 Å². The molecule has 0 saturated heterocycles. The van der Waals surface area contributed by atoms with Crippen molar-refractivity contribution < 1.29 is 23.8 Å². The van der Waals surface area contributed by atoms with Gasteiger partial charge in [-0.25, -0.2) is 0 Å². The second-order valence-electron chi connectivity index (χ2n) is 4.93. The normalized spacial score (nSPS) is 9.92. The smallest absolute Gasteiger partial charge is 0.310 e. The third-order valence-corrected chi connectivity index (χ3v) is 3.25. The zero-order chi connectivity index (χ0) is 17.4. The van der Waals surface area contributed by atoms with Crippen LogP contribution in [0.4, 0.5) is 5.69 Å². The Morgan fingerprint density at radius 2 is 1.83 bits per heavy atom. The van der Waals surface area contributed by atoms with Gasteiger partial charge in [0, 0.05) is 17.3 Å². The molecule has 2 aromatic rings. The van der Waals surface area contributed by atoms with E-state index in [4.69, 9.17) is 9.47 Å². The average Bonchev–Trinajstić information content (AvgIpc) is 2.61. The molecule has 6 nitrogen and oxygen atoms in total. The third-order valence-electron chi connectivity index (χ3n) is 3.25. The minimum Gasteiger partial charge on any atom is -0.497 e. The van der Waals surface area contributed by atoms with E-state index in [1.54, 1.807) is 55.6 Å². The van der Waals surface area contributed by atoms with Crippen LogP contribution in [-0.4, -0.2) is 32.7 Å². The van der Waals surface area contributed by atoms with Crippen LogP contribution in [0.25, 0.3) is 0 Å². The highest BCUT2D eigenvalue weighted by atomic mass is 16.5. The molecule has 126 valence electrons. The lowest BCUT2D eigenvalue weighted by Gasteiger charge is -2.11. The summed E-state index contributed by atoms with van der Waals surface area (Å²) < 4.78 is 15.3. The summed E-state index contributed by atoms with van der Waals surface area (Å²) in [7, 11) is 2.88. The predicted octanol–water partition coefficient (Wildman–Crippen LogP) is 2.43. The van der Waals surface area contributed by atoms with Crippen LogP contribution in [0.3, 0.4) is 0 Å². The first-order valence-electron chi connectivity index (χ1n) is 7.34. The van der Waals surface area contributed by atoms with Gasteiger partial charge >= 0.3 is 5.97 Å². The molecule has 0 aliphatic heterocycles. The van der Waals surface area contributed by atoms with Crippen LogP contribution in [0.15, 0.2) is 48.5 Å². The van der Waals surface area contributed by atoms with Crippen molar-refractivity contribution in [2.45, 2.75) is 6.42 Å². The molecule has 0 atom stereocenters. The summed E-state index contributed by atoms with van der Waals surface area (Å²) in [4.78, 5) is 23.4. The van der Waals surface area contributed by atoms with Crippen LogP contribution in [-0.2, 0) is 20.7 Å². The molecule has 0 spiro atoms. The molecule has 0 unspecified atom stereocenters. The van der Waals surface area contributed by atoms with Gasteiger partial charge in [-0.3, -0.25) is 9.59 Å². The quantitative estimate of drug-likeness (QED) is 0.790. The number of hydrogen-bond acceptors (Lipinski definition) is 5. The van der Waals surface area contributed by atoms with Crippen LogP contribution in [0.2, 0.25) is 0 Å². The summed E-state index contributed by atoms with van der Waals surface area (Å²) in [6.45, 7) is -0.171. The molecule has 1 N–H and O–H groups in total. The maximum absolute atomic E-state index is 12.0. The lowest BCUT2D eigenvalue weighted by atomic mass is 10.1. The Balaban J connectivity index is 1.95. The van der Waals surface area contributed by atoms with E-state index in [9.17, 15) is 9.59 Å². The van der Waals surface area contributed by atoms with Crippen molar-refractivity contribution in [2.24, 2.45) is 0 Å². The predicted molar refractivity (Wildman–Crippen MR) is 89.3 cm³/mol. The van der Waals surface area contributed by atoms with E-state index in [0.717, 1.165) is 0 Å². The molecule has 0 bridgehead atoms. The van der Waals surface area contributed by atoms with Crippen LogP contribution >= 0.6 is 0 Å². The van der Waals surface area contributed by atoms with E-state index in [-0.39, 0.29) is 24.9 Å². The molecule has 0 fully saturated rings. The summed E-state index contributed by atoms with van der Waals surface area (Å²) in [6.07, 6.45) is 0.0875. The standard InChI is InChI=1S/C18H19NO5/c1-22-15-8-5-7-14(11-15)19-17(20)12-24-16-9-4-3-6-13(16)10-18(21)23-2/h3-9,11H,10,12H2,1-2H3,(H,19,20). The number of para-hydroxylation sites is 1. The second-order valence-corrected chi connectivity index (χ2v) is 4.93. The Bertz CT molecular complexity index is 714. The molecule has 2 aromatic carbocycles. The van der Waals surface area contributed by atoms with Crippen molar-refractivity contribution in [3.05, 3.63) is 54.1 Å². The fourth-order valence-corrected chi connectivity index (χ4v) is 2.06. The van der Waals surface area contributed by atoms with Gasteiger partial charge in [-0.1, -0.05) is 24.3 Å². The molecule has 2 rings (SSSR count). The maximum atomic E-state index is 12.0. The van der Waals surface area contributed by atoms with Gasteiger partial charge in [0.05, 0.1) is 20.6 Å². The molecule has 0 heterocycles. The Morgan fingerprint density at radius 1 is 1.04 bits per heavy atom. The Hall–Kier alpha value is -3.02. The van der Waals surface area contributed by atoms with Crippen molar-refractivity contribution in [1.82, 2.24) is 0 Å². The van der Waals surface area contributed by atoms with E-state index in [1.807, 2.05) is 0 Å². The number of ether oxygens (including phenoxy) is 3. The molecule has 0 radical (unpaired) electrons. The molecular formula is C18H19NO5. The lowest BCUT2D eigenvalue weighted by molar-refractivity contribution is -0.139. The van der Waals surface area contributed by atoms with Crippen molar-refractivity contribution in [3.8, 4) is 11.5 Å². The highest BCUT2D eigenvalue weighted by Gasteiger charge is 2.10. The first-order valence-corrected chi connectivity index (χ1v) is 7.34. The number of benzene rings is 2. The van der Waals surface area contributed by atoms with Crippen LogP contribution in [0.1, 0.15) is 5.56 Å². The largest absolute Gasteiger partial charge is 0.497 e. The molecule has 0 aromatic heterocycles. The minimum absolute atomic E-state index is 0.0875. The van der Waals surface area contributed by atoms with Gasteiger partial charge < -0.3 is 19.5 Å². The molecule has 1 amide bonds. The van der Waals surface area contributed by atoms with Crippen molar-refractivity contribution in [3.63, 3.8) is 0 Å². The van der Waals surface area contributed by atoms with E-state index in [2.05, 4.69) is 10.1 Å². The van der Waals surface area contributed by atoms with Crippen molar-refractivity contribution >= 4 is 17.6 Å². The van der Waals surface area contributed by atoms with Crippen molar-refractivity contribution in [2.75, 3.05) is 26.1 Å². The SMILES string of the molecule is COC(=O)Cc1ccccc1OCC(=O)Nc1cccc(OC)c1. The van der Waals surface area contributed by atoms with Crippen LogP contribution in [0.5, 0.6) is 11.5 Å². The minimum atomic E-state index is -0.369. The number of anilines is 1. The molecular weight excluding hydrogens is 310 g/mol. The molecule has 0 saturated carbocycles. The fourth-order valence-electron chi connectivity index (χ4n) is 2.06. The van der Waals surface area contributed by atoms with E-state index in [1.165, 1.54) is 7.11 Å². The zero-order valence-electron chi connectivity index (χ0n) is 13.6. The van der Waals surface area contributed by atoms with Gasteiger partial charge in [0.15, 0.2) is 6.61 Å². The van der Waals surface area contributed by atoms with Gasteiger partial charge in [0.1, 0.15) is 11.5 Å². The Kier molecular flexibility index (Phi) is 6.19. The van der Waals surface area contributed by atoms with E-state index >= 15 is 0 Å². The number of carbonyl (C=O) groups excluding carboxylic acids is 2. The monoisotopic (exact) mass is 329 g/mol. The lowest BCUT2D eigenvalue weighted by Crippen LogP contribution is -2.20. The molecule has 0 aliphatic rings. The Labute approximate surface area is 140 Å². The maximum Gasteiger partial charge on any atom is 0.310 e. The number of esters is 1. The first-order chi connectivity index (χ1) is 11.6. The highest BCUT2D eigenvalue weighted by Crippen LogP contribution is 2.19. The fraction of sp³-hybridized carbons (Fsp3) is 0.222. The summed E-state index contributed by atoms with van der Waals surface area (Å²) in [6, 6.07) is 14.1. The third kappa shape index (κ3) is 5.01. The number of nitrogens with one attached hydrogen (secondary N) is 1. The number of methoxy groups -OCH3 is 2. The first kappa shape index (κ1) is 17.3. The molecule has 0 aliphatic carbocycles. The Morgan fingerprint density at radius 3 is 2.58 bits per heavy atom. The summed E-state index contributed by atoms with van der Waals surface area (Å²) in [5, 5.41) is 2.72. The highest BCUT2D eigenvalue weighted by molar-refractivity contribution is 5.92. The number of amides is 1. The topological polar surface area (TPSA) is 73.9 Å². The number of carbonyl (C=O) groups is 2. The molecule has 6 heteroatoms. The summed E-state index contributed by atoms with van der Waals surface area (Å²) in [5.74, 6) is 0.448. The number of hydrogen-bond donors (Lipinski definition) is 1. The summed E-state index contributed by atoms with van der Waals surface area (Å²) >= 11 is 0. The average molecular weight is 329 g/mol. The summed E-state index contributed by atoms with van der Waals surface area (Å²) in [5.41, 5.74) is 1.28. The van der Waals surface area contributed by atoms with Crippen LogP contribution in [0, 0.1) is 0 Å². The van der Waals surface area contributed by atoms with Gasteiger partial charge in [0.2, 0.25) is 0 Å². The van der Waals surface area contributed by atoms with Crippen LogP contribution < -0.4 is 14.8 Å². The second kappa shape index (κ2) is 8.57. The van der Waals surface area contributed by atoms with Gasteiger partial charge in [0.25, 0.3) is 5.91 Å². The van der Waals surface area contributed by atoms with E-state index in [0.29, 0.717) is 22.7 Å². The van der Waals surface area contributed by atoms with Gasteiger partial charge in [-0.2, -0.15) is 0 Å². The zero-order valence-corrected chi connectivity index (χ0v) is 13.6.